The fourth-order valence-corrected chi connectivity index (χ4v) is 2.61. The Kier molecular flexibility index (Phi) is 7.14. The number of benzene rings is 2. The van der Waals surface area contributed by atoms with Crippen LogP contribution in [0.5, 0.6) is 11.5 Å². The highest BCUT2D eigenvalue weighted by molar-refractivity contribution is 5.80. The first-order valence-corrected chi connectivity index (χ1v) is 8.53. The lowest BCUT2D eigenvalue weighted by Gasteiger charge is -2.20. The lowest BCUT2D eigenvalue weighted by atomic mass is 10.2. The number of nitrogens with one attached hydrogen (secondary N) is 1. The smallest absolute Gasteiger partial charge is 0.161 e. The molecule has 134 valence electrons. The Morgan fingerprint density at radius 3 is 2.24 bits per heavy atom. The van der Waals surface area contributed by atoms with Gasteiger partial charge in [-0.1, -0.05) is 18.2 Å². The Morgan fingerprint density at radius 2 is 1.64 bits per heavy atom. The van der Waals surface area contributed by atoms with Gasteiger partial charge in [-0.3, -0.25) is 0 Å². The first kappa shape index (κ1) is 18.6. The molecule has 0 saturated carbocycles. The molecular formula is C20H27N3O2. The van der Waals surface area contributed by atoms with Crippen LogP contribution >= 0.6 is 0 Å². The van der Waals surface area contributed by atoms with Crippen LogP contribution in [0.4, 0.5) is 5.69 Å². The van der Waals surface area contributed by atoms with Crippen molar-refractivity contribution in [1.29, 1.82) is 0 Å². The minimum absolute atomic E-state index is 0.619. The van der Waals surface area contributed by atoms with E-state index >= 15 is 0 Å². The summed E-state index contributed by atoms with van der Waals surface area (Å²) in [6.45, 7) is 6.97. The van der Waals surface area contributed by atoms with Crippen LogP contribution < -0.4 is 19.8 Å². The second-order valence-electron chi connectivity index (χ2n) is 5.55. The lowest BCUT2D eigenvalue weighted by Crippen LogP contribution is -2.21. The van der Waals surface area contributed by atoms with Crippen molar-refractivity contribution in [3.63, 3.8) is 0 Å². The van der Waals surface area contributed by atoms with Crippen molar-refractivity contribution < 1.29 is 9.47 Å². The quantitative estimate of drug-likeness (QED) is 0.558. The van der Waals surface area contributed by atoms with Gasteiger partial charge in [0.1, 0.15) is 0 Å². The first-order chi connectivity index (χ1) is 12.2. The summed E-state index contributed by atoms with van der Waals surface area (Å²) in [6.07, 6.45) is 1.83. The van der Waals surface area contributed by atoms with Crippen LogP contribution in [-0.2, 0) is 6.54 Å². The van der Waals surface area contributed by atoms with E-state index in [1.807, 2.05) is 24.4 Å². The maximum atomic E-state index is 5.31. The summed E-state index contributed by atoms with van der Waals surface area (Å²) in [7, 11) is 3.26. The van der Waals surface area contributed by atoms with Crippen LogP contribution in [0.3, 0.4) is 0 Å². The number of nitrogens with zero attached hydrogens (tertiary/aromatic N) is 2. The highest BCUT2D eigenvalue weighted by Crippen LogP contribution is 2.27. The number of anilines is 1. The van der Waals surface area contributed by atoms with Gasteiger partial charge in [-0.05, 0) is 49.2 Å². The molecule has 2 rings (SSSR count). The highest BCUT2D eigenvalue weighted by Gasteiger charge is 2.04. The molecule has 0 bridgehead atoms. The molecule has 2 aromatic rings. The second-order valence-corrected chi connectivity index (χ2v) is 5.55. The van der Waals surface area contributed by atoms with Crippen LogP contribution in [0.15, 0.2) is 47.6 Å². The molecule has 0 aliphatic heterocycles. The molecule has 0 radical (unpaired) electrons. The van der Waals surface area contributed by atoms with E-state index in [1.165, 1.54) is 5.69 Å². The minimum Gasteiger partial charge on any atom is -0.493 e. The van der Waals surface area contributed by atoms with E-state index in [0.29, 0.717) is 6.54 Å². The zero-order valence-electron chi connectivity index (χ0n) is 15.5. The van der Waals surface area contributed by atoms with Gasteiger partial charge in [-0.25, -0.2) is 0 Å². The molecule has 0 fully saturated rings. The third kappa shape index (κ3) is 5.14. The van der Waals surface area contributed by atoms with E-state index in [-0.39, 0.29) is 0 Å². The molecule has 0 saturated heterocycles. The van der Waals surface area contributed by atoms with Crippen molar-refractivity contribution in [3.05, 3.63) is 53.6 Å². The Hall–Kier alpha value is -2.69. The molecule has 5 heteroatoms. The summed E-state index contributed by atoms with van der Waals surface area (Å²) in [4.78, 5) is 2.32. The molecule has 25 heavy (non-hydrogen) atoms. The van der Waals surface area contributed by atoms with Gasteiger partial charge in [0.15, 0.2) is 11.5 Å². The van der Waals surface area contributed by atoms with Crippen LogP contribution in [0, 0.1) is 0 Å². The van der Waals surface area contributed by atoms with Gasteiger partial charge in [0.2, 0.25) is 0 Å². The molecule has 2 aromatic carbocycles. The van der Waals surface area contributed by atoms with Gasteiger partial charge in [0.05, 0.1) is 27.0 Å². The van der Waals surface area contributed by atoms with Crippen LogP contribution in [0.2, 0.25) is 0 Å². The number of rotatable bonds is 9. The predicted molar refractivity (Wildman–Crippen MR) is 104 cm³/mol. The molecule has 0 unspecified atom stereocenters. The van der Waals surface area contributed by atoms with Crippen LogP contribution in [0.25, 0.3) is 0 Å². The number of hydrazone groups is 1. The molecule has 0 spiro atoms. The highest BCUT2D eigenvalue weighted by atomic mass is 16.5. The van der Waals surface area contributed by atoms with Crippen molar-refractivity contribution in [2.75, 3.05) is 32.2 Å². The molecule has 0 aliphatic carbocycles. The predicted octanol–water partition coefficient (Wildman–Crippen LogP) is 3.67. The number of ether oxygens (including phenoxy) is 2. The lowest BCUT2D eigenvalue weighted by molar-refractivity contribution is 0.354. The Bertz CT molecular complexity index is 680. The van der Waals surface area contributed by atoms with Gasteiger partial charge in [0.25, 0.3) is 0 Å². The number of hydrogen-bond donors (Lipinski definition) is 1. The van der Waals surface area contributed by atoms with E-state index in [1.54, 1.807) is 14.2 Å². The summed E-state index contributed by atoms with van der Waals surface area (Å²) >= 11 is 0. The molecule has 1 N–H and O–H groups in total. The fraction of sp³-hybridized carbons (Fsp3) is 0.350. The largest absolute Gasteiger partial charge is 0.493 e. The molecular weight excluding hydrogens is 314 g/mol. The van der Waals surface area contributed by atoms with Crippen LogP contribution in [0.1, 0.15) is 25.0 Å². The third-order valence-electron chi connectivity index (χ3n) is 4.06. The molecule has 0 aromatic heterocycles. The average molecular weight is 341 g/mol. The van der Waals surface area contributed by atoms with Gasteiger partial charge < -0.3 is 19.8 Å². The number of hydrogen-bond acceptors (Lipinski definition) is 5. The van der Waals surface area contributed by atoms with Gasteiger partial charge in [-0.15, -0.1) is 0 Å². The monoisotopic (exact) mass is 341 g/mol. The first-order valence-electron chi connectivity index (χ1n) is 8.53. The summed E-state index contributed by atoms with van der Waals surface area (Å²) in [5.74, 6) is 1.45. The average Bonchev–Trinajstić information content (AvgIpc) is 2.67. The van der Waals surface area contributed by atoms with Crippen molar-refractivity contribution in [3.8, 4) is 11.5 Å². The zero-order chi connectivity index (χ0) is 18.1. The molecule has 0 heterocycles. The van der Waals surface area contributed by atoms with E-state index in [0.717, 1.165) is 35.7 Å². The van der Waals surface area contributed by atoms with E-state index in [4.69, 9.17) is 9.47 Å². The molecule has 0 amide bonds. The van der Waals surface area contributed by atoms with Crippen molar-refractivity contribution in [2.45, 2.75) is 20.4 Å². The van der Waals surface area contributed by atoms with Crippen molar-refractivity contribution in [2.24, 2.45) is 5.10 Å². The van der Waals surface area contributed by atoms with Crippen LogP contribution in [-0.4, -0.2) is 33.5 Å². The SMILES string of the molecule is CCN(CC)c1ccc(/C=N/NCc2ccc(OC)c(OC)c2)cc1. The summed E-state index contributed by atoms with van der Waals surface area (Å²) in [6, 6.07) is 14.2. The number of methoxy groups -OCH3 is 2. The van der Waals surface area contributed by atoms with Crippen molar-refractivity contribution >= 4 is 11.9 Å². The molecule has 0 atom stereocenters. The topological polar surface area (TPSA) is 46.1 Å². The van der Waals surface area contributed by atoms with Gasteiger partial charge in [-0.2, -0.15) is 5.10 Å². The summed E-state index contributed by atoms with van der Waals surface area (Å²) in [5, 5.41) is 4.29. The van der Waals surface area contributed by atoms with Gasteiger partial charge >= 0.3 is 0 Å². The molecule has 5 nitrogen and oxygen atoms in total. The Balaban J connectivity index is 1.91. The van der Waals surface area contributed by atoms with E-state index in [2.05, 4.69) is 53.5 Å². The standard InChI is InChI=1S/C20H27N3O2/c1-5-23(6-2)18-10-7-16(8-11-18)14-21-22-15-17-9-12-19(24-3)20(13-17)25-4/h7-14,22H,5-6,15H2,1-4H3/b21-14+. The minimum atomic E-state index is 0.619. The van der Waals surface area contributed by atoms with E-state index in [9.17, 15) is 0 Å². The zero-order valence-corrected chi connectivity index (χ0v) is 15.5. The summed E-state index contributed by atoms with van der Waals surface area (Å²) < 4.78 is 10.5. The van der Waals surface area contributed by atoms with E-state index < -0.39 is 0 Å². The molecule has 0 aliphatic rings. The maximum Gasteiger partial charge on any atom is 0.161 e. The second kappa shape index (κ2) is 9.57. The van der Waals surface area contributed by atoms with Crippen molar-refractivity contribution in [1.82, 2.24) is 5.43 Å². The third-order valence-corrected chi connectivity index (χ3v) is 4.06. The Morgan fingerprint density at radius 1 is 0.960 bits per heavy atom. The summed E-state index contributed by atoms with van der Waals surface area (Å²) in [5.41, 5.74) is 6.44. The Labute approximate surface area is 150 Å². The maximum absolute atomic E-state index is 5.31. The fourth-order valence-electron chi connectivity index (χ4n) is 2.61. The van der Waals surface area contributed by atoms with Gasteiger partial charge in [0, 0.05) is 18.8 Å². The normalized spacial score (nSPS) is 10.7.